The van der Waals surface area contributed by atoms with Crippen molar-refractivity contribution in [2.75, 3.05) is 7.05 Å². The lowest BCUT2D eigenvalue weighted by molar-refractivity contribution is 0.406. The van der Waals surface area contributed by atoms with Crippen molar-refractivity contribution < 1.29 is 5.11 Å². The third kappa shape index (κ3) is 2.63. The smallest absolute Gasteiger partial charge is 0.137 e. The average Bonchev–Trinajstić information content (AvgIpc) is 2.13. The van der Waals surface area contributed by atoms with Crippen LogP contribution in [0.15, 0.2) is 18.2 Å². The highest BCUT2D eigenvalue weighted by molar-refractivity contribution is 6.32. The minimum absolute atomic E-state index is 0.0395. The van der Waals surface area contributed by atoms with Crippen molar-refractivity contribution in [1.29, 1.82) is 0 Å². The first-order chi connectivity index (χ1) is 6.46. The summed E-state index contributed by atoms with van der Waals surface area (Å²) in [5, 5.41) is 13.3. The Hall–Kier alpha value is -0.730. The van der Waals surface area contributed by atoms with Crippen molar-refractivity contribution >= 4 is 11.6 Å². The quantitative estimate of drug-likeness (QED) is 0.809. The number of benzene rings is 1. The van der Waals surface area contributed by atoms with E-state index in [-0.39, 0.29) is 11.3 Å². The molecule has 2 N–H and O–H groups in total. The topological polar surface area (TPSA) is 32.3 Å². The Morgan fingerprint density at radius 3 is 2.64 bits per heavy atom. The average molecular weight is 214 g/mol. The second-order valence-electron chi connectivity index (χ2n) is 4.06. The molecule has 3 heteroatoms. The number of aromatic hydroxyl groups is 1. The van der Waals surface area contributed by atoms with Gasteiger partial charge in [-0.2, -0.15) is 0 Å². The molecule has 0 aliphatic heterocycles. The van der Waals surface area contributed by atoms with Gasteiger partial charge < -0.3 is 10.4 Å². The maximum atomic E-state index is 9.70. The molecule has 0 saturated heterocycles. The van der Waals surface area contributed by atoms with Crippen LogP contribution in [0.3, 0.4) is 0 Å². The van der Waals surface area contributed by atoms with Crippen LogP contribution in [0.5, 0.6) is 5.75 Å². The lowest BCUT2D eigenvalue weighted by Crippen LogP contribution is -2.38. The van der Waals surface area contributed by atoms with Gasteiger partial charge in [0, 0.05) is 5.54 Å². The highest BCUT2D eigenvalue weighted by Gasteiger charge is 2.18. The Morgan fingerprint density at radius 2 is 2.07 bits per heavy atom. The van der Waals surface area contributed by atoms with Gasteiger partial charge in [0.15, 0.2) is 0 Å². The molecule has 0 fully saturated rings. The second kappa shape index (κ2) is 4.20. The largest absolute Gasteiger partial charge is 0.506 e. The molecule has 14 heavy (non-hydrogen) atoms. The number of likely N-dealkylation sites (N-methyl/N-ethyl adjacent to an activating group) is 1. The molecule has 1 rings (SSSR count). The van der Waals surface area contributed by atoms with Crippen LogP contribution in [-0.2, 0) is 6.42 Å². The number of hydrogen-bond acceptors (Lipinski definition) is 2. The van der Waals surface area contributed by atoms with Crippen LogP contribution in [0, 0.1) is 0 Å². The van der Waals surface area contributed by atoms with Gasteiger partial charge in [0.25, 0.3) is 0 Å². The predicted molar refractivity (Wildman–Crippen MR) is 60.0 cm³/mol. The number of phenols is 1. The fourth-order valence-electron chi connectivity index (χ4n) is 1.27. The summed E-state index contributed by atoms with van der Waals surface area (Å²) in [6.07, 6.45) is 0.746. The molecule has 0 bridgehead atoms. The van der Waals surface area contributed by atoms with Crippen LogP contribution in [0.1, 0.15) is 19.4 Å². The molecular formula is C11H16ClNO. The van der Waals surface area contributed by atoms with Crippen molar-refractivity contribution in [3.05, 3.63) is 28.8 Å². The van der Waals surface area contributed by atoms with E-state index in [0.717, 1.165) is 12.0 Å². The second-order valence-corrected chi connectivity index (χ2v) is 4.47. The summed E-state index contributed by atoms with van der Waals surface area (Å²) < 4.78 is 0. The van der Waals surface area contributed by atoms with Crippen LogP contribution >= 0.6 is 11.6 Å². The van der Waals surface area contributed by atoms with Crippen LogP contribution < -0.4 is 5.32 Å². The Bertz CT molecular complexity index is 323. The molecule has 0 radical (unpaired) electrons. The molecule has 0 unspecified atom stereocenters. The van der Waals surface area contributed by atoms with Crippen LogP contribution in [0.4, 0.5) is 0 Å². The van der Waals surface area contributed by atoms with Crippen LogP contribution in [0.2, 0.25) is 5.02 Å². The highest BCUT2D eigenvalue weighted by Crippen LogP contribution is 2.29. The van der Waals surface area contributed by atoms with Crippen LogP contribution in [0.25, 0.3) is 0 Å². The summed E-state index contributed by atoms with van der Waals surface area (Å²) >= 11 is 5.82. The van der Waals surface area contributed by atoms with E-state index in [1.165, 1.54) is 0 Å². The van der Waals surface area contributed by atoms with Gasteiger partial charge in [-0.05, 0) is 38.9 Å². The van der Waals surface area contributed by atoms with Gasteiger partial charge in [-0.3, -0.25) is 0 Å². The lowest BCUT2D eigenvalue weighted by atomic mass is 9.95. The Kier molecular flexibility index (Phi) is 3.40. The highest BCUT2D eigenvalue weighted by atomic mass is 35.5. The minimum Gasteiger partial charge on any atom is -0.506 e. The van der Waals surface area contributed by atoms with E-state index in [2.05, 4.69) is 19.2 Å². The summed E-state index contributed by atoms with van der Waals surface area (Å²) in [6.45, 7) is 4.15. The Balaban J connectivity index is 2.92. The number of nitrogens with one attached hydrogen (secondary N) is 1. The molecule has 0 aromatic heterocycles. The minimum atomic E-state index is -0.0395. The van der Waals surface area contributed by atoms with Crippen molar-refractivity contribution in [3.63, 3.8) is 0 Å². The molecule has 1 aromatic rings. The summed E-state index contributed by atoms with van der Waals surface area (Å²) in [7, 11) is 1.90. The summed E-state index contributed by atoms with van der Waals surface area (Å²) in [5.74, 6) is 0.192. The molecule has 0 aliphatic carbocycles. The van der Waals surface area contributed by atoms with Gasteiger partial charge in [-0.25, -0.2) is 0 Å². The Labute approximate surface area is 89.9 Å². The van der Waals surface area contributed by atoms with Crippen molar-refractivity contribution in [2.45, 2.75) is 25.8 Å². The number of hydrogen-bond donors (Lipinski definition) is 2. The molecule has 78 valence electrons. The van der Waals surface area contributed by atoms with Gasteiger partial charge in [0.05, 0.1) is 5.02 Å². The van der Waals surface area contributed by atoms with E-state index in [9.17, 15) is 5.11 Å². The summed E-state index contributed by atoms with van der Waals surface area (Å²) in [6, 6.07) is 5.43. The first-order valence-corrected chi connectivity index (χ1v) is 4.99. The molecule has 0 spiro atoms. The molecule has 0 atom stereocenters. The zero-order valence-corrected chi connectivity index (χ0v) is 9.52. The van der Waals surface area contributed by atoms with Crippen molar-refractivity contribution in [1.82, 2.24) is 5.32 Å². The monoisotopic (exact) mass is 213 g/mol. The van der Waals surface area contributed by atoms with Crippen molar-refractivity contribution in [2.24, 2.45) is 0 Å². The maximum Gasteiger partial charge on any atom is 0.137 e. The van der Waals surface area contributed by atoms with E-state index < -0.39 is 0 Å². The van der Waals surface area contributed by atoms with E-state index in [4.69, 9.17) is 11.6 Å². The normalized spacial score (nSPS) is 11.7. The number of phenolic OH excluding ortho intramolecular Hbond substituents is 1. The zero-order chi connectivity index (χ0) is 10.8. The predicted octanol–water partition coefficient (Wildman–Crippen LogP) is 2.59. The number of para-hydroxylation sites is 1. The Morgan fingerprint density at radius 1 is 1.43 bits per heavy atom. The zero-order valence-electron chi connectivity index (χ0n) is 8.76. The number of rotatable bonds is 3. The molecule has 2 nitrogen and oxygen atoms in total. The van der Waals surface area contributed by atoms with Crippen molar-refractivity contribution in [3.8, 4) is 5.75 Å². The maximum absolute atomic E-state index is 9.70. The third-order valence-corrected chi connectivity index (χ3v) is 2.68. The van der Waals surface area contributed by atoms with Gasteiger partial charge in [-0.15, -0.1) is 0 Å². The first kappa shape index (κ1) is 11.3. The van der Waals surface area contributed by atoms with E-state index in [1.54, 1.807) is 6.07 Å². The molecule has 0 aliphatic rings. The molecule has 1 aromatic carbocycles. The summed E-state index contributed by atoms with van der Waals surface area (Å²) in [4.78, 5) is 0. The lowest BCUT2D eigenvalue weighted by Gasteiger charge is -2.24. The number of halogens is 1. The fourth-order valence-corrected chi connectivity index (χ4v) is 1.46. The fraction of sp³-hybridized carbons (Fsp3) is 0.455. The van der Waals surface area contributed by atoms with E-state index in [1.807, 2.05) is 19.2 Å². The van der Waals surface area contributed by atoms with Gasteiger partial charge in [0.2, 0.25) is 0 Å². The standard InChI is InChI=1S/C11H16ClNO/c1-11(2,13-3)7-8-5-4-6-9(12)10(8)14/h4-6,13-14H,7H2,1-3H3. The molecular weight excluding hydrogens is 198 g/mol. The van der Waals surface area contributed by atoms with Gasteiger partial charge in [-0.1, -0.05) is 23.7 Å². The summed E-state index contributed by atoms with van der Waals surface area (Å²) in [5.41, 5.74) is 0.833. The van der Waals surface area contributed by atoms with E-state index >= 15 is 0 Å². The van der Waals surface area contributed by atoms with Gasteiger partial charge >= 0.3 is 0 Å². The van der Waals surface area contributed by atoms with Gasteiger partial charge in [0.1, 0.15) is 5.75 Å². The third-order valence-electron chi connectivity index (χ3n) is 2.38. The molecule has 0 heterocycles. The SMILES string of the molecule is CNC(C)(C)Cc1cccc(Cl)c1O. The van der Waals surface area contributed by atoms with Crippen LogP contribution in [-0.4, -0.2) is 17.7 Å². The molecule has 0 amide bonds. The first-order valence-electron chi connectivity index (χ1n) is 4.61. The van der Waals surface area contributed by atoms with E-state index in [0.29, 0.717) is 5.02 Å². The molecule has 0 saturated carbocycles.